The highest BCUT2D eigenvalue weighted by Crippen LogP contribution is 2.25. The van der Waals surface area contributed by atoms with Crippen LogP contribution < -0.4 is 5.32 Å². The van der Waals surface area contributed by atoms with Crippen molar-refractivity contribution in [2.75, 3.05) is 5.75 Å². The number of amides is 1. The summed E-state index contributed by atoms with van der Waals surface area (Å²) in [6.45, 7) is 1.11. The molecule has 0 unspecified atom stereocenters. The minimum atomic E-state index is -0.253. The number of thioether (sulfide) groups is 1. The summed E-state index contributed by atoms with van der Waals surface area (Å²) in [6.07, 6.45) is 0. The second kappa shape index (κ2) is 8.58. The fraction of sp³-hybridized carbons (Fsp3) is 0.143. The maximum atomic E-state index is 13.2. The van der Waals surface area contributed by atoms with Gasteiger partial charge in [0.05, 0.1) is 29.9 Å². The first kappa shape index (κ1) is 18.7. The largest absolute Gasteiger partial charge is 0.350 e. The summed E-state index contributed by atoms with van der Waals surface area (Å²) >= 11 is 3.03. The van der Waals surface area contributed by atoms with Crippen molar-refractivity contribution in [2.24, 2.45) is 0 Å². The number of carbonyl (C=O) groups excluding carboxylic acids is 1. The predicted molar refractivity (Wildman–Crippen MR) is 112 cm³/mol. The maximum Gasteiger partial charge on any atom is 0.230 e. The first-order chi connectivity index (χ1) is 13.7. The molecule has 142 valence electrons. The molecular weight excluding hydrogens is 393 g/mol. The van der Waals surface area contributed by atoms with Crippen LogP contribution in [-0.4, -0.2) is 21.2 Å². The second-order valence-electron chi connectivity index (χ2n) is 6.24. The number of thiophene rings is 1. The highest BCUT2D eigenvalue weighted by atomic mass is 32.2. The molecular formula is C21H18FN3OS2. The predicted octanol–water partition coefficient (Wildman–Crippen LogP) is 4.69. The van der Waals surface area contributed by atoms with Crippen LogP contribution in [0, 0.1) is 5.82 Å². The van der Waals surface area contributed by atoms with E-state index in [1.807, 2.05) is 41.8 Å². The Bertz CT molecular complexity index is 1070. The van der Waals surface area contributed by atoms with Gasteiger partial charge in [-0.05, 0) is 41.3 Å². The maximum absolute atomic E-state index is 13.2. The van der Waals surface area contributed by atoms with Crippen LogP contribution in [0.5, 0.6) is 0 Å². The van der Waals surface area contributed by atoms with Gasteiger partial charge in [0.2, 0.25) is 5.91 Å². The molecule has 0 saturated carbocycles. The normalized spacial score (nSPS) is 11.0. The van der Waals surface area contributed by atoms with Crippen LogP contribution in [0.1, 0.15) is 10.4 Å². The van der Waals surface area contributed by atoms with Gasteiger partial charge in [0.1, 0.15) is 5.82 Å². The number of aromatic nitrogens is 2. The summed E-state index contributed by atoms with van der Waals surface area (Å²) in [6, 6.07) is 18.3. The number of imidazole rings is 1. The van der Waals surface area contributed by atoms with Crippen LogP contribution in [-0.2, 0) is 17.9 Å². The van der Waals surface area contributed by atoms with Gasteiger partial charge < -0.3 is 9.88 Å². The molecule has 0 bridgehead atoms. The van der Waals surface area contributed by atoms with Gasteiger partial charge in [0, 0.05) is 4.88 Å². The molecule has 0 aliphatic rings. The molecule has 0 spiro atoms. The van der Waals surface area contributed by atoms with Crippen molar-refractivity contribution in [3.8, 4) is 0 Å². The molecule has 4 rings (SSSR count). The smallest absolute Gasteiger partial charge is 0.230 e. The Morgan fingerprint density at radius 2 is 1.93 bits per heavy atom. The summed E-state index contributed by atoms with van der Waals surface area (Å²) in [5.41, 5.74) is 2.85. The van der Waals surface area contributed by atoms with Crippen LogP contribution in [0.15, 0.2) is 71.2 Å². The molecule has 4 nitrogen and oxygen atoms in total. The second-order valence-corrected chi connectivity index (χ2v) is 8.22. The van der Waals surface area contributed by atoms with Crippen LogP contribution in [0.25, 0.3) is 11.0 Å². The third-order valence-corrected chi connectivity index (χ3v) is 6.10. The third kappa shape index (κ3) is 4.43. The molecule has 0 fully saturated rings. The summed E-state index contributed by atoms with van der Waals surface area (Å²) in [7, 11) is 0. The minimum Gasteiger partial charge on any atom is -0.350 e. The topological polar surface area (TPSA) is 46.9 Å². The number of halogens is 1. The Hall–Kier alpha value is -2.64. The Labute approximate surface area is 170 Å². The highest BCUT2D eigenvalue weighted by molar-refractivity contribution is 7.99. The lowest BCUT2D eigenvalue weighted by molar-refractivity contribution is -0.118. The van der Waals surface area contributed by atoms with Gasteiger partial charge in [-0.15, -0.1) is 11.3 Å². The highest BCUT2D eigenvalue weighted by Gasteiger charge is 2.13. The monoisotopic (exact) mass is 411 g/mol. The lowest BCUT2D eigenvalue weighted by Crippen LogP contribution is -2.24. The molecule has 4 aromatic rings. The van der Waals surface area contributed by atoms with E-state index in [2.05, 4.69) is 14.9 Å². The van der Waals surface area contributed by atoms with Gasteiger partial charge in [-0.1, -0.05) is 42.1 Å². The average Bonchev–Trinajstić information content (AvgIpc) is 3.35. The Morgan fingerprint density at radius 3 is 2.71 bits per heavy atom. The molecule has 2 heterocycles. The Balaban J connectivity index is 1.49. The van der Waals surface area contributed by atoms with Crippen LogP contribution >= 0.6 is 23.1 Å². The van der Waals surface area contributed by atoms with Gasteiger partial charge in [-0.2, -0.15) is 0 Å². The molecule has 0 aliphatic carbocycles. The Kier molecular flexibility index (Phi) is 5.73. The van der Waals surface area contributed by atoms with E-state index in [9.17, 15) is 9.18 Å². The molecule has 0 radical (unpaired) electrons. The summed E-state index contributed by atoms with van der Waals surface area (Å²) in [5, 5.41) is 5.71. The molecule has 1 N–H and O–H groups in total. The van der Waals surface area contributed by atoms with Gasteiger partial charge in [0.25, 0.3) is 0 Å². The number of nitrogens with one attached hydrogen (secondary N) is 1. The lowest BCUT2D eigenvalue weighted by Gasteiger charge is -2.09. The first-order valence-corrected chi connectivity index (χ1v) is 10.7. The molecule has 0 atom stereocenters. The van der Waals surface area contributed by atoms with Crippen molar-refractivity contribution >= 4 is 40.0 Å². The van der Waals surface area contributed by atoms with E-state index >= 15 is 0 Å². The van der Waals surface area contributed by atoms with Crippen molar-refractivity contribution in [3.05, 3.63) is 82.3 Å². The van der Waals surface area contributed by atoms with Crippen molar-refractivity contribution < 1.29 is 9.18 Å². The Morgan fingerprint density at radius 1 is 1.11 bits per heavy atom. The molecule has 1 amide bonds. The third-order valence-electron chi connectivity index (χ3n) is 4.25. The molecule has 7 heteroatoms. The van der Waals surface area contributed by atoms with Crippen molar-refractivity contribution in [3.63, 3.8) is 0 Å². The average molecular weight is 412 g/mol. The lowest BCUT2D eigenvalue weighted by atomic mass is 10.2. The van der Waals surface area contributed by atoms with Crippen molar-refractivity contribution in [2.45, 2.75) is 18.2 Å². The zero-order valence-corrected chi connectivity index (χ0v) is 16.6. The number of benzene rings is 2. The van der Waals surface area contributed by atoms with Crippen molar-refractivity contribution in [1.82, 2.24) is 14.9 Å². The number of rotatable bonds is 7. The SMILES string of the molecule is O=C(CSc1nc2ccccc2n1Cc1ccc(F)cc1)NCc1cccs1. The van der Waals surface area contributed by atoms with Crippen LogP contribution in [0.2, 0.25) is 0 Å². The summed E-state index contributed by atoms with van der Waals surface area (Å²) < 4.78 is 15.3. The molecule has 0 aliphatic heterocycles. The van der Waals surface area contributed by atoms with Gasteiger partial charge in [-0.25, -0.2) is 9.37 Å². The first-order valence-electron chi connectivity index (χ1n) is 8.80. The summed E-state index contributed by atoms with van der Waals surface area (Å²) in [5.74, 6) is 0.00742. The van der Waals surface area contributed by atoms with Gasteiger partial charge in [-0.3, -0.25) is 4.79 Å². The van der Waals surface area contributed by atoms with E-state index in [1.54, 1.807) is 23.5 Å². The van der Waals surface area contributed by atoms with E-state index in [0.29, 0.717) is 13.1 Å². The van der Waals surface area contributed by atoms with E-state index in [-0.39, 0.29) is 17.5 Å². The number of hydrogen-bond donors (Lipinski definition) is 1. The number of para-hydroxylation sites is 2. The molecule has 2 aromatic carbocycles. The molecule has 2 aromatic heterocycles. The van der Waals surface area contributed by atoms with Crippen LogP contribution in [0.3, 0.4) is 0 Å². The minimum absolute atomic E-state index is 0.0289. The van der Waals surface area contributed by atoms with E-state index in [0.717, 1.165) is 26.6 Å². The van der Waals surface area contributed by atoms with E-state index in [1.165, 1.54) is 23.9 Å². The van der Waals surface area contributed by atoms with Gasteiger partial charge in [0.15, 0.2) is 5.16 Å². The van der Waals surface area contributed by atoms with Gasteiger partial charge >= 0.3 is 0 Å². The molecule has 28 heavy (non-hydrogen) atoms. The van der Waals surface area contributed by atoms with Crippen LogP contribution in [0.4, 0.5) is 4.39 Å². The fourth-order valence-electron chi connectivity index (χ4n) is 2.87. The number of hydrogen-bond acceptors (Lipinski definition) is 4. The molecule has 0 saturated heterocycles. The zero-order valence-electron chi connectivity index (χ0n) is 15.0. The van der Waals surface area contributed by atoms with E-state index < -0.39 is 0 Å². The fourth-order valence-corrected chi connectivity index (χ4v) is 4.36. The number of fused-ring (bicyclic) bond motifs is 1. The van der Waals surface area contributed by atoms with E-state index in [4.69, 9.17) is 0 Å². The zero-order chi connectivity index (χ0) is 19.3. The standard InChI is InChI=1S/C21H18FN3OS2/c22-16-9-7-15(8-10-16)13-25-19-6-2-1-5-18(19)24-21(25)28-14-20(26)23-12-17-4-3-11-27-17/h1-11H,12-14H2,(H,23,26). The summed E-state index contributed by atoms with van der Waals surface area (Å²) in [4.78, 5) is 18.0. The number of nitrogens with zero attached hydrogens (tertiary/aromatic N) is 2. The number of carbonyl (C=O) groups is 1. The van der Waals surface area contributed by atoms with Crippen molar-refractivity contribution in [1.29, 1.82) is 0 Å². The quantitative estimate of drug-likeness (QED) is 0.449.